The van der Waals surface area contributed by atoms with Gasteiger partial charge in [-0.1, -0.05) is 35.3 Å². The molecule has 0 bridgehead atoms. The molecular weight excluding hydrogens is 516 g/mol. The topological polar surface area (TPSA) is 72.9 Å². The van der Waals surface area contributed by atoms with Gasteiger partial charge in [-0.25, -0.2) is 9.18 Å². The van der Waals surface area contributed by atoms with Crippen molar-refractivity contribution < 1.29 is 28.2 Å². The Morgan fingerprint density at radius 3 is 2.43 bits per heavy atom. The van der Waals surface area contributed by atoms with Crippen molar-refractivity contribution in [3.05, 3.63) is 98.1 Å². The zero-order valence-corrected chi connectivity index (χ0v) is 20.4. The number of methoxy groups -OCH3 is 1. The zero-order valence-electron chi connectivity index (χ0n) is 18.1. The molecule has 0 N–H and O–H groups in total. The first-order chi connectivity index (χ1) is 16.7. The molecule has 10 heteroatoms. The van der Waals surface area contributed by atoms with E-state index in [1.807, 2.05) is 0 Å². The van der Waals surface area contributed by atoms with E-state index in [0.717, 1.165) is 22.7 Å². The number of benzene rings is 3. The largest absolute Gasteiger partial charge is 0.497 e. The van der Waals surface area contributed by atoms with Gasteiger partial charge >= 0.3 is 5.97 Å². The number of esters is 1. The predicted octanol–water partition coefficient (Wildman–Crippen LogP) is 6.60. The van der Waals surface area contributed by atoms with Gasteiger partial charge in [-0.15, -0.1) is 0 Å². The number of halogens is 3. The Hall–Kier alpha value is -3.33. The van der Waals surface area contributed by atoms with Crippen molar-refractivity contribution in [1.82, 2.24) is 4.90 Å². The summed E-state index contributed by atoms with van der Waals surface area (Å²) in [6, 6.07) is 14.8. The molecule has 0 aliphatic carbocycles. The molecule has 3 aromatic carbocycles. The van der Waals surface area contributed by atoms with Gasteiger partial charge in [0, 0.05) is 5.02 Å². The Kier molecular flexibility index (Phi) is 7.45. The van der Waals surface area contributed by atoms with Gasteiger partial charge in [-0.05, 0) is 77.5 Å². The van der Waals surface area contributed by atoms with Gasteiger partial charge in [0.25, 0.3) is 11.1 Å². The summed E-state index contributed by atoms with van der Waals surface area (Å²) in [5.74, 6) is -0.866. The molecule has 35 heavy (non-hydrogen) atoms. The molecule has 0 atom stereocenters. The zero-order chi connectivity index (χ0) is 25.1. The van der Waals surface area contributed by atoms with E-state index >= 15 is 0 Å². The van der Waals surface area contributed by atoms with E-state index in [4.69, 9.17) is 32.7 Å². The van der Waals surface area contributed by atoms with Crippen molar-refractivity contribution in [2.75, 3.05) is 7.11 Å². The van der Waals surface area contributed by atoms with E-state index in [9.17, 15) is 18.8 Å². The van der Waals surface area contributed by atoms with Crippen LogP contribution in [-0.2, 0) is 11.3 Å². The van der Waals surface area contributed by atoms with E-state index in [0.29, 0.717) is 22.4 Å². The molecule has 1 heterocycles. The lowest BCUT2D eigenvalue weighted by Crippen LogP contribution is -2.27. The quantitative estimate of drug-likeness (QED) is 0.203. The van der Waals surface area contributed by atoms with Crippen LogP contribution in [-0.4, -0.2) is 29.1 Å². The van der Waals surface area contributed by atoms with Crippen molar-refractivity contribution in [3.63, 3.8) is 0 Å². The molecular formula is C25H16Cl2FNO5S. The number of hydrogen-bond donors (Lipinski definition) is 0. The maximum atomic E-state index is 13.3. The second-order valence-corrected chi connectivity index (χ2v) is 9.12. The van der Waals surface area contributed by atoms with Gasteiger partial charge in [0.05, 0.1) is 29.1 Å². The fourth-order valence-corrected chi connectivity index (χ4v) is 4.48. The molecule has 0 radical (unpaired) electrons. The highest BCUT2D eigenvalue weighted by atomic mass is 35.5. The molecule has 1 fully saturated rings. The van der Waals surface area contributed by atoms with Crippen LogP contribution in [0, 0.1) is 5.82 Å². The monoisotopic (exact) mass is 531 g/mol. The van der Waals surface area contributed by atoms with Gasteiger partial charge in [0.15, 0.2) is 0 Å². The van der Waals surface area contributed by atoms with Gasteiger partial charge in [0.1, 0.15) is 17.3 Å². The normalized spacial score (nSPS) is 14.5. The minimum Gasteiger partial charge on any atom is -0.497 e. The molecule has 1 aliphatic heterocycles. The summed E-state index contributed by atoms with van der Waals surface area (Å²) in [5.41, 5.74) is 1.30. The summed E-state index contributed by atoms with van der Waals surface area (Å²) < 4.78 is 23.7. The summed E-state index contributed by atoms with van der Waals surface area (Å²) in [4.78, 5) is 38.8. The second-order valence-electron chi connectivity index (χ2n) is 7.31. The van der Waals surface area contributed by atoms with Crippen LogP contribution in [0.4, 0.5) is 9.18 Å². The van der Waals surface area contributed by atoms with Crippen molar-refractivity contribution in [2.45, 2.75) is 6.54 Å². The lowest BCUT2D eigenvalue weighted by molar-refractivity contribution is -0.123. The summed E-state index contributed by atoms with van der Waals surface area (Å²) in [6.07, 6.45) is 1.51. The number of carbonyl (C=O) groups is 3. The summed E-state index contributed by atoms with van der Waals surface area (Å²) in [5, 5.41) is -0.199. The maximum absolute atomic E-state index is 13.3. The number of amides is 2. The Morgan fingerprint density at radius 2 is 1.77 bits per heavy atom. The third kappa shape index (κ3) is 5.67. The molecule has 0 aromatic heterocycles. The first kappa shape index (κ1) is 24.8. The molecule has 0 spiro atoms. The molecule has 6 nitrogen and oxygen atoms in total. The van der Waals surface area contributed by atoms with Crippen LogP contribution >= 0.6 is 35.0 Å². The first-order valence-corrected chi connectivity index (χ1v) is 11.7. The van der Waals surface area contributed by atoms with Gasteiger partial charge in [0.2, 0.25) is 0 Å². The van der Waals surface area contributed by atoms with Crippen molar-refractivity contribution >= 4 is 58.2 Å². The fourth-order valence-electron chi connectivity index (χ4n) is 3.18. The van der Waals surface area contributed by atoms with Crippen LogP contribution in [0.5, 0.6) is 11.5 Å². The molecule has 1 saturated heterocycles. The van der Waals surface area contributed by atoms with Crippen LogP contribution in [0.1, 0.15) is 21.5 Å². The van der Waals surface area contributed by atoms with E-state index in [1.165, 1.54) is 37.5 Å². The van der Waals surface area contributed by atoms with Crippen LogP contribution < -0.4 is 9.47 Å². The Morgan fingerprint density at radius 1 is 1.03 bits per heavy atom. The number of nitrogens with zero attached hydrogens (tertiary/aromatic N) is 1. The SMILES string of the molecule is COc1ccc(C(=O)Oc2ccc(/C=C3\SC(=O)N(Cc4ccc(F)cc4Cl)C3=O)cc2Cl)cc1. The molecule has 1 aliphatic rings. The van der Waals surface area contributed by atoms with Crippen LogP contribution in [0.15, 0.2) is 65.6 Å². The number of rotatable bonds is 6. The third-order valence-corrected chi connectivity index (χ3v) is 6.55. The Labute approximate surface area is 214 Å². The van der Waals surface area contributed by atoms with Gasteiger partial charge in [-0.3, -0.25) is 14.5 Å². The second kappa shape index (κ2) is 10.5. The molecule has 4 rings (SSSR count). The minimum absolute atomic E-state index is 0.0812. The first-order valence-electron chi connectivity index (χ1n) is 10.1. The van der Waals surface area contributed by atoms with Crippen molar-refractivity contribution in [1.29, 1.82) is 0 Å². The molecule has 178 valence electrons. The number of hydrogen-bond acceptors (Lipinski definition) is 6. The highest BCUT2D eigenvalue weighted by molar-refractivity contribution is 8.18. The van der Waals surface area contributed by atoms with Crippen LogP contribution in [0.25, 0.3) is 6.08 Å². The van der Waals surface area contributed by atoms with E-state index in [1.54, 1.807) is 30.3 Å². The standard InChI is InChI=1S/C25H16Cl2FNO5S/c1-33-18-7-4-15(5-8-18)24(31)34-21-9-2-14(10-20(21)27)11-22-23(30)29(25(32)35-22)13-16-3-6-17(28)12-19(16)26/h2-12H,13H2,1H3/b22-11-. The van der Waals surface area contributed by atoms with E-state index in [-0.39, 0.29) is 27.2 Å². The summed E-state index contributed by atoms with van der Waals surface area (Å²) in [6.45, 7) is -0.0812. The Bertz CT molecular complexity index is 1360. The maximum Gasteiger partial charge on any atom is 0.343 e. The van der Waals surface area contributed by atoms with E-state index in [2.05, 4.69) is 0 Å². The van der Waals surface area contributed by atoms with Crippen LogP contribution in [0.2, 0.25) is 10.0 Å². The number of imide groups is 1. The molecule has 3 aromatic rings. The summed E-state index contributed by atoms with van der Waals surface area (Å²) >= 11 is 13.1. The van der Waals surface area contributed by atoms with Crippen molar-refractivity contribution in [2.24, 2.45) is 0 Å². The highest BCUT2D eigenvalue weighted by Crippen LogP contribution is 2.35. The number of carbonyl (C=O) groups excluding carboxylic acids is 3. The van der Waals surface area contributed by atoms with E-state index < -0.39 is 22.9 Å². The summed E-state index contributed by atoms with van der Waals surface area (Å²) in [7, 11) is 1.52. The minimum atomic E-state index is -0.595. The molecule has 0 unspecified atom stereocenters. The fraction of sp³-hybridized carbons (Fsp3) is 0.0800. The average Bonchev–Trinajstić information content (AvgIpc) is 3.09. The Balaban J connectivity index is 1.47. The third-order valence-electron chi connectivity index (χ3n) is 5.00. The smallest absolute Gasteiger partial charge is 0.343 e. The van der Waals surface area contributed by atoms with Crippen molar-refractivity contribution in [3.8, 4) is 11.5 Å². The lowest BCUT2D eigenvalue weighted by atomic mass is 10.2. The van der Waals surface area contributed by atoms with Crippen LogP contribution in [0.3, 0.4) is 0 Å². The predicted molar refractivity (Wildman–Crippen MR) is 132 cm³/mol. The number of ether oxygens (including phenoxy) is 2. The highest BCUT2D eigenvalue weighted by Gasteiger charge is 2.35. The average molecular weight is 532 g/mol. The van der Waals surface area contributed by atoms with Gasteiger partial charge < -0.3 is 9.47 Å². The number of thioether (sulfide) groups is 1. The molecule has 2 amide bonds. The molecule has 0 saturated carbocycles. The van der Waals surface area contributed by atoms with Gasteiger partial charge in [-0.2, -0.15) is 0 Å². The lowest BCUT2D eigenvalue weighted by Gasteiger charge is -2.13.